The molecular formula is C16H14Cl2N2O2. The SMILES string of the molecule is CN1Cc2c(Cl)cc(Cl)cc2C(c2cccc([N+](=O)[O-])c2)C1. The van der Waals surface area contributed by atoms with E-state index in [0.29, 0.717) is 10.0 Å². The largest absolute Gasteiger partial charge is 0.301 e. The van der Waals surface area contributed by atoms with Crippen molar-refractivity contribution in [2.45, 2.75) is 12.5 Å². The predicted octanol–water partition coefficient (Wildman–Crippen LogP) is 4.48. The zero-order valence-electron chi connectivity index (χ0n) is 11.9. The Bertz CT molecular complexity index is 749. The first kappa shape index (κ1) is 15.3. The quantitative estimate of drug-likeness (QED) is 0.600. The predicted molar refractivity (Wildman–Crippen MR) is 87.7 cm³/mol. The lowest BCUT2D eigenvalue weighted by molar-refractivity contribution is -0.384. The summed E-state index contributed by atoms with van der Waals surface area (Å²) >= 11 is 12.5. The normalized spacial score (nSPS) is 18.0. The van der Waals surface area contributed by atoms with Crippen LogP contribution >= 0.6 is 23.2 Å². The number of rotatable bonds is 2. The molecule has 114 valence electrons. The number of non-ortho nitro benzene ring substituents is 1. The highest BCUT2D eigenvalue weighted by Gasteiger charge is 2.27. The molecule has 0 amide bonds. The molecule has 0 fully saturated rings. The van der Waals surface area contributed by atoms with Crippen molar-refractivity contribution in [3.05, 3.63) is 73.2 Å². The molecule has 1 aliphatic heterocycles. The van der Waals surface area contributed by atoms with Crippen molar-refractivity contribution in [1.29, 1.82) is 0 Å². The van der Waals surface area contributed by atoms with Gasteiger partial charge in [0.05, 0.1) is 4.92 Å². The minimum Gasteiger partial charge on any atom is -0.301 e. The van der Waals surface area contributed by atoms with Crippen LogP contribution in [0.25, 0.3) is 0 Å². The molecule has 6 heteroatoms. The van der Waals surface area contributed by atoms with Crippen LogP contribution in [0.1, 0.15) is 22.6 Å². The lowest BCUT2D eigenvalue weighted by Crippen LogP contribution is -2.31. The Hall–Kier alpha value is -1.62. The summed E-state index contributed by atoms with van der Waals surface area (Å²) in [6, 6.07) is 10.4. The van der Waals surface area contributed by atoms with Gasteiger partial charge in [0.15, 0.2) is 0 Å². The summed E-state index contributed by atoms with van der Waals surface area (Å²) in [5, 5.41) is 12.2. The third-order valence-corrected chi connectivity index (χ3v) is 4.53. The number of likely N-dealkylation sites (N-methyl/N-ethyl adjacent to an activating group) is 1. The summed E-state index contributed by atoms with van der Waals surface area (Å²) in [4.78, 5) is 12.8. The Morgan fingerprint density at radius 3 is 2.77 bits per heavy atom. The highest BCUT2D eigenvalue weighted by atomic mass is 35.5. The van der Waals surface area contributed by atoms with Crippen molar-refractivity contribution in [3.8, 4) is 0 Å². The van der Waals surface area contributed by atoms with Crippen LogP contribution in [0.2, 0.25) is 10.0 Å². The van der Waals surface area contributed by atoms with Gasteiger partial charge >= 0.3 is 0 Å². The van der Waals surface area contributed by atoms with Gasteiger partial charge in [-0.3, -0.25) is 10.1 Å². The topological polar surface area (TPSA) is 46.4 Å². The van der Waals surface area contributed by atoms with Gasteiger partial charge in [-0.15, -0.1) is 0 Å². The minimum atomic E-state index is -0.373. The molecule has 2 aromatic carbocycles. The fourth-order valence-electron chi connectivity index (χ4n) is 2.99. The zero-order chi connectivity index (χ0) is 15.9. The van der Waals surface area contributed by atoms with E-state index in [2.05, 4.69) is 4.90 Å². The standard InChI is InChI=1S/C16H14Cl2N2O2/c1-19-8-14(10-3-2-4-12(5-10)20(21)22)13-6-11(17)7-16(18)15(13)9-19/h2-7,14H,8-9H2,1H3. The van der Waals surface area contributed by atoms with E-state index in [-0.39, 0.29) is 16.5 Å². The van der Waals surface area contributed by atoms with Crippen LogP contribution < -0.4 is 0 Å². The second kappa shape index (κ2) is 5.88. The van der Waals surface area contributed by atoms with Crippen LogP contribution in [0.15, 0.2) is 36.4 Å². The fraction of sp³-hybridized carbons (Fsp3) is 0.250. The van der Waals surface area contributed by atoms with Crippen LogP contribution in [0.5, 0.6) is 0 Å². The van der Waals surface area contributed by atoms with E-state index in [1.807, 2.05) is 19.2 Å². The molecule has 1 unspecified atom stereocenters. The van der Waals surface area contributed by atoms with Crippen molar-refractivity contribution in [2.24, 2.45) is 0 Å². The van der Waals surface area contributed by atoms with Crippen LogP contribution in [0, 0.1) is 10.1 Å². The van der Waals surface area contributed by atoms with E-state index in [9.17, 15) is 10.1 Å². The lowest BCUT2D eigenvalue weighted by Gasteiger charge is -2.33. The number of nitrogens with zero attached hydrogens (tertiary/aromatic N) is 2. The molecule has 0 saturated heterocycles. The third kappa shape index (κ3) is 2.82. The average Bonchev–Trinajstić information content (AvgIpc) is 2.47. The Kier molecular flexibility index (Phi) is 4.08. The summed E-state index contributed by atoms with van der Waals surface area (Å²) in [5.74, 6) is 0.0184. The molecule has 0 aromatic heterocycles. The van der Waals surface area contributed by atoms with E-state index in [4.69, 9.17) is 23.2 Å². The summed E-state index contributed by atoms with van der Waals surface area (Å²) in [6.07, 6.45) is 0. The average molecular weight is 337 g/mol. The smallest absolute Gasteiger partial charge is 0.269 e. The number of halogens is 2. The van der Waals surface area contributed by atoms with Gasteiger partial charge in [0.25, 0.3) is 5.69 Å². The summed E-state index contributed by atoms with van der Waals surface area (Å²) in [5.41, 5.74) is 3.09. The zero-order valence-corrected chi connectivity index (χ0v) is 13.4. The van der Waals surface area contributed by atoms with Gasteiger partial charge in [-0.1, -0.05) is 35.3 Å². The molecule has 3 rings (SSSR count). The molecule has 0 saturated carbocycles. The number of benzene rings is 2. The highest BCUT2D eigenvalue weighted by Crippen LogP contribution is 2.38. The van der Waals surface area contributed by atoms with Crippen molar-refractivity contribution in [2.75, 3.05) is 13.6 Å². The van der Waals surface area contributed by atoms with E-state index in [0.717, 1.165) is 29.8 Å². The third-order valence-electron chi connectivity index (χ3n) is 3.98. The molecule has 22 heavy (non-hydrogen) atoms. The summed E-state index contributed by atoms with van der Waals surface area (Å²) in [7, 11) is 2.01. The van der Waals surface area contributed by atoms with Gasteiger partial charge in [0, 0.05) is 41.2 Å². The Balaban J connectivity index is 2.13. The van der Waals surface area contributed by atoms with Crippen LogP contribution in [0.3, 0.4) is 0 Å². The molecular weight excluding hydrogens is 323 g/mol. The molecule has 1 atom stereocenters. The molecule has 1 heterocycles. The molecule has 1 aliphatic rings. The monoisotopic (exact) mass is 336 g/mol. The number of hydrogen-bond acceptors (Lipinski definition) is 3. The van der Waals surface area contributed by atoms with E-state index >= 15 is 0 Å². The first-order valence-electron chi connectivity index (χ1n) is 6.86. The van der Waals surface area contributed by atoms with E-state index < -0.39 is 0 Å². The van der Waals surface area contributed by atoms with Gasteiger partial charge in [-0.05, 0) is 35.9 Å². The molecule has 0 N–H and O–H groups in total. The molecule has 0 bridgehead atoms. The first-order valence-corrected chi connectivity index (χ1v) is 7.62. The number of nitro groups is 1. The molecule has 0 aliphatic carbocycles. The number of nitro benzene ring substituents is 1. The molecule has 0 radical (unpaired) electrons. The van der Waals surface area contributed by atoms with Crippen molar-refractivity contribution >= 4 is 28.9 Å². The minimum absolute atomic E-state index is 0.0184. The maximum atomic E-state index is 11.0. The molecule has 2 aromatic rings. The maximum Gasteiger partial charge on any atom is 0.269 e. The van der Waals surface area contributed by atoms with Gasteiger partial charge in [-0.25, -0.2) is 0 Å². The Morgan fingerprint density at radius 1 is 1.27 bits per heavy atom. The lowest BCUT2D eigenvalue weighted by atomic mass is 9.84. The fourth-order valence-corrected chi connectivity index (χ4v) is 3.55. The van der Waals surface area contributed by atoms with Crippen LogP contribution in [-0.2, 0) is 6.54 Å². The summed E-state index contributed by atoms with van der Waals surface area (Å²) < 4.78 is 0. The van der Waals surface area contributed by atoms with Crippen LogP contribution in [0.4, 0.5) is 5.69 Å². The molecule has 4 nitrogen and oxygen atoms in total. The number of hydrogen-bond donors (Lipinski definition) is 0. The second-order valence-corrected chi connectivity index (χ2v) is 6.40. The second-order valence-electron chi connectivity index (χ2n) is 5.56. The van der Waals surface area contributed by atoms with Gasteiger partial charge in [-0.2, -0.15) is 0 Å². The van der Waals surface area contributed by atoms with E-state index in [1.165, 1.54) is 6.07 Å². The Morgan fingerprint density at radius 2 is 2.05 bits per heavy atom. The van der Waals surface area contributed by atoms with Gasteiger partial charge < -0.3 is 4.90 Å². The van der Waals surface area contributed by atoms with Gasteiger partial charge in [0.1, 0.15) is 0 Å². The van der Waals surface area contributed by atoms with Crippen molar-refractivity contribution < 1.29 is 4.92 Å². The van der Waals surface area contributed by atoms with Crippen LogP contribution in [-0.4, -0.2) is 23.4 Å². The maximum absolute atomic E-state index is 11.0. The van der Waals surface area contributed by atoms with Crippen molar-refractivity contribution in [3.63, 3.8) is 0 Å². The summed E-state index contributed by atoms with van der Waals surface area (Å²) in [6.45, 7) is 1.52. The van der Waals surface area contributed by atoms with Gasteiger partial charge in [0.2, 0.25) is 0 Å². The van der Waals surface area contributed by atoms with E-state index in [1.54, 1.807) is 18.2 Å². The Labute approximate surface area is 138 Å². The molecule has 0 spiro atoms. The number of fused-ring (bicyclic) bond motifs is 1. The first-order chi connectivity index (χ1) is 10.5. The highest BCUT2D eigenvalue weighted by molar-refractivity contribution is 6.35. The van der Waals surface area contributed by atoms with Crippen molar-refractivity contribution in [1.82, 2.24) is 4.90 Å².